The molecule has 1 N–H and O–H groups in total. The molecule has 5 nitrogen and oxygen atoms in total. The van der Waals surface area contributed by atoms with Crippen LogP contribution in [0.3, 0.4) is 0 Å². The quantitative estimate of drug-likeness (QED) is 0.418. The van der Waals surface area contributed by atoms with E-state index >= 15 is 0 Å². The number of carbonyl (C=O) groups is 2. The van der Waals surface area contributed by atoms with Crippen molar-refractivity contribution in [1.29, 1.82) is 0 Å². The van der Waals surface area contributed by atoms with Gasteiger partial charge < -0.3 is 9.88 Å². The zero-order valence-corrected chi connectivity index (χ0v) is 18.1. The maximum atomic E-state index is 13.5. The minimum atomic E-state index is -1.17. The number of hydrogen-bond acceptors (Lipinski definition) is 3. The Morgan fingerprint density at radius 1 is 0.970 bits per heavy atom. The fourth-order valence-electron chi connectivity index (χ4n) is 3.69. The second kappa shape index (κ2) is 8.96. The Balaban J connectivity index is 1.88. The van der Waals surface area contributed by atoms with E-state index in [9.17, 15) is 23.2 Å². The molecule has 3 aromatic carbocycles. The molecule has 4 aromatic rings. The first kappa shape index (κ1) is 22.4. The number of ketones is 1. The van der Waals surface area contributed by atoms with Crippen molar-refractivity contribution in [3.63, 3.8) is 0 Å². The smallest absolute Gasteiger partial charge is 0.251 e. The number of carbonyl (C=O) groups excluding carboxylic acids is 2. The van der Waals surface area contributed by atoms with Crippen molar-refractivity contribution in [2.45, 2.75) is 13.5 Å². The van der Waals surface area contributed by atoms with Crippen molar-refractivity contribution >= 4 is 34.2 Å². The lowest BCUT2D eigenvalue weighted by Crippen LogP contribution is -2.30. The van der Waals surface area contributed by atoms with Gasteiger partial charge in [-0.1, -0.05) is 29.8 Å². The summed E-state index contributed by atoms with van der Waals surface area (Å²) in [4.78, 5) is 38.6. The Hall–Kier alpha value is -3.84. The number of benzene rings is 3. The number of amides is 1. The third-order valence-corrected chi connectivity index (χ3v) is 5.42. The molecule has 0 aliphatic rings. The van der Waals surface area contributed by atoms with Crippen LogP contribution in [0.1, 0.15) is 33.3 Å². The van der Waals surface area contributed by atoms with Crippen molar-refractivity contribution in [1.82, 2.24) is 9.88 Å². The summed E-state index contributed by atoms with van der Waals surface area (Å²) in [6.45, 7) is 1.03. The van der Waals surface area contributed by atoms with E-state index in [0.29, 0.717) is 21.6 Å². The van der Waals surface area contributed by atoms with E-state index in [2.05, 4.69) is 5.32 Å². The molecule has 0 aliphatic carbocycles. The summed E-state index contributed by atoms with van der Waals surface area (Å²) in [5.41, 5.74) is 0.672. The maximum absolute atomic E-state index is 13.5. The standard InChI is InChI=1S/C25H17ClF2N2O3/c1-14(31)23-19(13-29-25(33)15-7-10-20(27)21(28)11-15)24(32)18-9-8-16(26)12-22(18)30(23)17-5-3-2-4-6-17/h2-12H,13H2,1H3,(H,29,33). The van der Waals surface area contributed by atoms with Gasteiger partial charge in [0.1, 0.15) is 0 Å². The number of hydrogen-bond donors (Lipinski definition) is 1. The van der Waals surface area contributed by atoms with E-state index in [1.165, 1.54) is 6.92 Å². The summed E-state index contributed by atoms with van der Waals surface area (Å²) in [6.07, 6.45) is 0. The second-order valence-corrected chi connectivity index (χ2v) is 7.79. The second-order valence-electron chi connectivity index (χ2n) is 7.36. The third-order valence-electron chi connectivity index (χ3n) is 5.18. The van der Waals surface area contributed by atoms with E-state index in [1.807, 2.05) is 6.07 Å². The molecule has 0 unspecified atom stereocenters. The van der Waals surface area contributed by atoms with Crippen molar-refractivity contribution in [2.24, 2.45) is 0 Å². The molecule has 0 atom stereocenters. The minimum absolute atomic E-state index is 0.0668. The molecule has 0 aliphatic heterocycles. The SMILES string of the molecule is CC(=O)c1c(CNC(=O)c2ccc(F)c(F)c2)c(=O)c2ccc(Cl)cc2n1-c1ccccc1. The number of nitrogens with one attached hydrogen (secondary N) is 1. The molecule has 0 radical (unpaired) electrons. The van der Waals surface area contributed by atoms with Crippen LogP contribution in [0.4, 0.5) is 8.78 Å². The van der Waals surface area contributed by atoms with Gasteiger partial charge in [-0.3, -0.25) is 14.4 Å². The predicted octanol–water partition coefficient (Wildman–Crippen LogP) is 5.05. The Kier molecular flexibility index (Phi) is 6.07. The van der Waals surface area contributed by atoms with E-state index in [4.69, 9.17) is 11.6 Å². The molecule has 1 aromatic heterocycles. The predicted molar refractivity (Wildman–Crippen MR) is 122 cm³/mol. The summed E-state index contributed by atoms with van der Waals surface area (Å²) in [5.74, 6) is -3.36. The molecular formula is C25H17ClF2N2O3. The largest absolute Gasteiger partial charge is 0.348 e. The Labute approximate surface area is 192 Å². The zero-order valence-electron chi connectivity index (χ0n) is 17.4. The van der Waals surface area contributed by atoms with Crippen LogP contribution in [-0.4, -0.2) is 16.3 Å². The van der Waals surface area contributed by atoms with Gasteiger partial charge >= 0.3 is 0 Å². The lowest BCUT2D eigenvalue weighted by Gasteiger charge is -2.19. The molecule has 0 bridgehead atoms. The van der Waals surface area contributed by atoms with Gasteiger partial charge in [-0.2, -0.15) is 0 Å². The molecule has 0 fully saturated rings. The number of rotatable bonds is 5. The fourth-order valence-corrected chi connectivity index (χ4v) is 3.86. The van der Waals surface area contributed by atoms with Gasteiger partial charge in [-0.15, -0.1) is 0 Å². The van der Waals surface area contributed by atoms with Crippen LogP contribution in [0.25, 0.3) is 16.6 Å². The summed E-state index contributed by atoms with van der Waals surface area (Å²) >= 11 is 6.18. The van der Waals surface area contributed by atoms with Gasteiger partial charge in [0.2, 0.25) is 0 Å². The van der Waals surface area contributed by atoms with Crippen LogP contribution in [0.15, 0.2) is 71.5 Å². The number of halogens is 3. The first-order valence-electron chi connectivity index (χ1n) is 9.94. The van der Waals surface area contributed by atoms with E-state index < -0.39 is 28.8 Å². The van der Waals surface area contributed by atoms with Crippen LogP contribution in [0, 0.1) is 11.6 Å². The molecule has 0 spiro atoms. The lowest BCUT2D eigenvalue weighted by molar-refractivity contribution is 0.0945. The monoisotopic (exact) mass is 466 g/mol. The molecule has 0 saturated heterocycles. The van der Waals surface area contributed by atoms with Crippen molar-refractivity contribution in [3.8, 4) is 5.69 Å². The Bertz CT molecular complexity index is 1470. The van der Waals surface area contributed by atoms with E-state index in [-0.39, 0.29) is 23.4 Å². The van der Waals surface area contributed by atoms with Crippen LogP contribution in [0.2, 0.25) is 5.02 Å². The molecule has 1 amide bonds. The highest BCUT2D eigenvalue weighted by Gasteiger charge is 2.22. The highest BCUT2D eigenvalue weighted by atomic mass is 35.5. The number of fused-ring (bicyclic) bond motifs is 1. The Morgan fingerprint density at radius 2 is 1.70 bits per heavy atom. The van der Waals surface area contributed by atoms with Crippen LogP contribution in [0.5, 0.6) is 0 Å². The highest BCUT2D eigenvalue weighted by Crippen LogP contribution is 2.25. The average molecular weight is 467 g/mol. The number of nitrogens with zero attached hydrogens (tertiary/aromatic N) is 1. The minimum Gasteiger partial charge on any atom is -0.348 e. The third kappa shape index (κ3) is 4.27. The molecule has 166 valence electrons. The van der Waals surface area contributed by atoms with Gasteiger partial charge in [0.25, 0.3) is 5.91 Å². The van der Waals surface area contributed by atoms with Crippen molar-refractivity contribution < 1.29 is 18.4 Å². The molecule has 0 saturated carbocycles. The van der Waals surface area contributed by atoms with E-state index in [0.717, 1.165) is 18.2 Å². The van der Waals surface area contributed by atoms with Gasteiger partial charge in [0.05, 0.1) is 11.2 Å². The first-order chi connectivity index (χ1) is 15.8. The molecule has 4 rings (SSSR count). The summed E-state index contributed by atoms with van der Waals surface area (Å²) in [7, 11) is 0. The van der Waals surface area contributed by atoms with Crippen molar-refractivity contribution in [3.05, 3.63) is 110 Å². The van der Waals surface area contributed by atoms with Gasteiger partial charge in [0.15, 0.2) is 22.8 Å². The number of para-hydroxylation sites is 1. The summed E-state index contributed by atoms with van der Waals surface area (Å²) in [5, 5.41) is 3.23. The first-order valence-corrected chi connectivity index (χ1v) is 10.3. The summed E-state index contributed by atoms with van der Waals surface area (Å²) in [6, 6.07) is 16.4. The van der Waals surface area contributed by atoms with Crippen LogP contribution in [-0.2, 0) is 6.54 Å². The number of pyridine rings is 1. The number of aromatic nitrogens is 1. The fraction of sp³-hybridized carbons (Fsp3) is 0.0800. The Morgan fingerprint density at radius 3 is 2.36 bits per heavy atom. The molecular weight excluding hydrogens is 450 g/mol. The molecule has 8 heteroatoms. The van der Waals surface area contributed by atoms with Crippen LogP contribution < -0.4 is 10.7 Å². The molecule has 1 heterocycles. The number of Topliss-reactive ketones (excluding diaryl/α,β-unsaturated/α-hetero) is 1. The summed E-state index contributed by atoms with van der Waals surface area (Å²) < 4.78 is 28.3. The normalized spacial score (nSPS) is 10.9. The maximum Gasteiger partial charge on any atom is 0.251 e. The van der Waals surface area contributed by atoms with Gasteiger partial charge in [-0.05, 0) is 48.5 Å². The average Bonchev–Trinajstić information content (AvgIpc) is 2.80. The lowest BCUT2D eigenvalue weighted by atomic mass is 10.0. The van der Waals surface area contributed by atoms with Gasteiger partial charge in [0, 0.05) is 40.7 Å². The zero-order chi connectivity index (χ0) is 23.7. The van der Waals surface area contributed by atoms with E-state index in [1.54, 1.807) is 47.0 Å². The topological polar surface area (TPSA) is 68.2 Å². The van der Waals surface area contributed by atoms with Crippen molar-refractivity contribution in [2.75, 3.05) is 0 Å². The van der Waals surface area contributed by atoms with Crippen LogP contribution >= 0.6 is 11.6 Å². The molecule has 33 heavy (non-hydrogen) atoms. The highest BCUT2D eigenvalue weighted by molar-refractivity contribution is 6.31. The van der Waals surface area contributed by atoms with Gasteiger partial charge in [-0.25, -0.2) is 8.78 Å².